The monoisotopic (exact) mass is 502 g/mol. The molecule has 33 heavy (non-hydrogen) atoms. The van der Waals surface area contributed by atoms with Crippen LogP contribution in [0.15, 0.2) is 0 Å². The van der Waals surface area contributed by atoms with E-state index in [2.05, 4.69) is 61.0 Å². The van der Waals surface area contributed by atoms with Crippen molar-refractivity contribution in [3.05, 3.63) is 0 Å². The number of aliphatic hydroxyl groups excluding tert-OH is 1. The van der Waals surface area contributed by atoms with Crippen molar-refractivity contribution in [2.45, 2.75) is 136 Å². The van der Waals surface area contributed by atoms with Crippen molar-refractivity contribution in [3.8, 4) is 0 Å². The average Bonchev–Trinajstić information content (AvgIpc) is 2.99. The molecule has 2 unspecified atom stereocenters. The summed E-state index contributed by atoms with van der Waals surface area (Å²) in [4.78, 5) is 0. The Bertz CT molecular complexity index is 583. The Hall–Kier alpha value is 0.527. The molecule has 0 spiro atoms. The third kappa shape index (κ3) is 8.27. The van der Waals surface area contributed by atoms with E-state index in [1.807, 2.05) is 13.8 Å². The largest absolute Gasteiger partial charge is 0.414 e. The molecular formula is C28H59O3PSi. The molecular weight excluding hydrogens is 443 g/mol. The minimum absolute atomic E-state index is 0.141. The lowest BCUT2D eigenvalue weighted by atomic mass is 9.56. The maximum Gasteiger partial charge on any atom is 0.192 e. The molecule has 2 aliphatic rings. The summed E-state index contributed by atoms with van der Waals surface area (Å²) in [5, 5.41) is 20.4. The van der Waals surface area contributed by atoms with Gasteiger partial charge in [0, 0.05) is 12.7 Å². The van der Waals surface area contributed by atoms with Crippen LogP contribution in [0.3, 0.4) is 0 Å². The predicted octanol–water partition coefficient (Wildman–Crippen LogP) is 7.85. The maximum absolute atomic E-state index is 10.2. The standard InChI is InChI=1S/C26H52O3Si.C2H7P/c1-23(2,3)30(8,9)29-21-12-10-17-26(7)20(21)13-14-22(26)25(6,18-19-27)16-11-15-24(4,5)28;1-3-2/h20-22,27-28H,10-19H2,1-9H3;3H,1-2H3/t20?,21-,22+,25?,26-;/m0./s1. The molecule has 0 amide bonds. The van der Waals surface area contributed by atoms with Crippen LogP contribution in [0.25, 0.3) is 0 Å². The van der Waals surface area contributed by atoms with Gasteiger partial charge in [0.25, 0.3) is 0 Å². The maximum atomic E-state index is 10.2. The molecule has 5 heteroatoms. The van der Waals surface area contributed by atoms with E-state index in [1.165, 1.54) is 32.1 Å². The second kappa shape index (κ2) is 12.2. The average molecular weight is 503 g/mol. The Kier molecular flexibility index (Phi) is 11.6. The Morgan fingerprint density at radius 2 is 1.55 bits per heavy atom. The highest BCUT2D eigenvalue weighted by Gasteiger charge is 2.57. The molecule has 2 N–H and O–H groups in total. The van der Waals surface area contributed by atoms with E-state index in [9.17, 15) is 10.2 Å². The minimum Gasteiger partial charge on any atom is -0.414 e. The molecule has 0 aliphatic heterocycles. The van der Waals surface area contributed by atoms with E-state index in [0.717, 1.165) is 34.3 Å². The summed E-state index contributed by atoms with van der Waals surface area (Å²) in [5.74, 6) is 1.28. The Balaban J connectivity index is 0.00000172. The van der Waals surface area contributed by atoms with E-state index in [1.54, 1.807) is 0 Å². The highest BCUT2D eigenvalue weighted by molar-refractivity contribution is 7.35. The van der Waals surface area contributed by atoms with Gasteiger partial charge in [0.05, 0.1) is 5.60 Å². The first-order valence-electron chi connectivity index (χ1n) is 13.6. The van der Waals surface area contributed by atoms with Crippen LogP contribution < -0.4 is 0 Å². The van der Waals surface area contributed by atoms with Crippen molar-refractivity contribution >= 4 is 16.9 Å². The first-order valence-corrected chi connectivity index (χ1v) is 18.5. The fraction of sp³-hybridized carbons (Fsp3) is 1.00. The lowest BCUT2D eigenvalue weighted by Crippen LogP contribution is -2.51. The van der Waals surface area contributed by atoms with Crippen LogP contribution in [0.5, 0.6) is 0 Å². The molecule has 2 rings (SSSR count). The van der Waals surface area contributed by atoms with Crippen LogP contribution >= 0.6 is 8.58 Å². The molecule has 0 heterocycles. The summed E-state index contributed by atoms with van der Waals surface area (Å²) in [6, 6.07) is 0. The third-order valence-electron chi connectivity index (χ3n) is 9.38. The van der Waals surface area contributed by atoms with Gasteiger partial charge in [-0.2, -0.15) is 0 Å². The Morgan fingerprint density at radius 1 is 0.970 bits per heavy atom. The van der Waals surface area contributed by atoms with Gasteiger partial charge < -0.3 is 14.6 Å². The van der Waals surface area contributed by atoms with Gasteiger partial charge in [0.15, 0.2) is 8.32 Å². The van der Waals surface area contributed by atoms with E-state index >= 15 is 0 Å². The highest BCUT2D eigenvalue weighted by atomic mass is 31.1. The smallest absolute Gasteiger partial charge is 0.192 e. The second-order valence-electron chi connectivity index (χ2n) is 13.8. The lowest BCUT2D eigenvalue weighted by Gasteiger charge is -2.52. The molecule has 0 aromatic rings. The van der Waals surface area contributed by atoms with Crippen molar-refractivity contribution in [2.75, 3.05) is 19.9 Å². The van der Waals surface area contributed by atoms with Gasteiger partial charge in [-0.1, -0.05) is 47.5 Å². The SMILES string of the molecule is CC(C)(O)CCCC(C)(CCO)[C@H]1CCC2[C@@H](O[Si](C)(C)C(C)(C)C)CCC[C@@]21C.CPC. The van der Waals surface area contributed by atoms with Crippen LogP contribution in [-0.4, -0.2) is 50.2 Å². The van der Waals surface area contributed by atoms with Crippen molar-refractivity contribution in [2.24, 2.45) is 22.7 Å². The third-order valence-corrected chi connectivity index (χ3v) is 13.9. The van der Waals surface area contributed by atoms with E-state index in [-0.39, 0.29) is 17.1 Å². The summed E-state index contributed by atoms with van der Waals surface area (Å²) in [6.07, 6.45) is 10.6. The molecule has 0 aromatic carbocycles. The molecule has 3 nitrogen and oxygen atoms in total. The quantitative estimate of drug-likeness (QED) is 0.249. The second-order valence-corrected chi connectivity index (χ2v) is 19.6. The highest BCUT2D eigenvalue weighted by Crippen LogP contribution is 2.63. The van der Waals surface area contributed by atoms with Gasteiger partial charge in [-0.25, -0.2) is 0 Å². The normalized spacial score (nSPS) is 30.3. The summed E-state index contributed by atoms with van der Waals surface area (Å²) in [5.41, 5.74) is -0.151. The van der Waals surface area contributed by atoms with E-state index < -0.39 is 13.9 Å². The zero-order chi connectivity index (χ0) is 25.7. The van der Waals surface area contributed by atoms with Gasteiger partial charge in [-0.15, -0.1) is 8.58 Å². The molecule has 0 bridgehead atoms. The van der Waals surface area contributed by atoms with Crippen molar-refractivity contribution < 1.29 is 14.6 Å². The Morgan fingerprint density at radius 3 is 2.03 bits per heavy atom. The number of hydrogen-bond acceptors (Lipinski definition) is 3. The zero-order valence-electron chi connectivity index (χ0n) is 24.1. The van der Waals surface area contributed by atoms with Crippen LogP contribution in [0.4, 0.5) is 0 Å². The molecule has 2 fully saturated rings. The first-order chi connectivity index (χ1) is 15.0. The van der Waals surface area contributed by atoms with Gasteiger partial charge in [-0.05, 0) is 113 Å². The molecule has 0 radical (unpaired) electrons. The first kappa shape index (κ1) is 31.6. The summed E-state index contributed by atoms with van der Waals surface area (Å²) < 4.78 is 7.03. The minimum atomic E-state index is -1.78. The van der Waals surface area contributed by atoms with E-state index in [4.69, 9.17) is 4.43 Å². The Labute approximate surface area is 210 Å². The van der Waals surface area contributed by atoms with Crippen LogP contribution in [0, 0.1) is 22.7 Å². The van der Waals surface area contributed by atoms with Crippen molar-refractivity contribution in [1.29, 1.82) is 0 Å². The van der Waals surface area contributed by atoms with E-state index in [0.29, 0.717) is 23.4 Å². The molecule has 198 valence electrons. The molecule has 2 aliphatic carbocycles. The fourth-order valence-corrected chi connectivity index (χ4v) is 8.01. The lowest BCUT2D eigenvalue weighted by molar-refractivity contribution is -0.0511. The topological polar surface area (TPSA) is 49.7 Å². The van der Waals surface area contributed by atoms with Gasteiger partial charge in [0.2, 0.25) is 0 Å². The van der Waals surface area contributed by atoms with Gasteiger partial charge >= 0.3 is 0 Å². The van der Waals surface area contributed by atoms with Crippen molar-refractivity contribution in [3.63, 3.8) is 0 Å². The number of fused-ring (bicyclic) bond motifs is 1. The van der Waals surface area contributed by atoms with Crippen LogP contribution in [-0.2, 0) is 4.43 Å². The zero-order valence-corrected chi connectivity index (χ0v) is 26.1. The number of hydrogen-bond donors (Lipinski definition) is 2. The van der Waals surface area contributed by atoms with Crippen LogP contribution in [0.1, 0.15) is 106 Å². The number of aliphatic hydroxyl groups is 2. The van der Waals surface area contributed by atoms with Gasteiger partial charge in [-0.3, -0.25) is 0 Å². The predicted molar refractivity (Wildman–Crippen MR) is 150 cm³/mol. The summed E-state index contributed by atoms with van der Waals surface area (Å²) in [6.45, 7) is 25.2. The van der Waals surface area contributed by atoms with Gasteiger partial charge in [0.1, 0.15) is 0 Å². The molecule has 5 atom stereocenters. The summed E-state index contributed by atoms with van der Waals surface area (Å²) >= 11 is 0. The molecule has 0 saturated heterocycles. The van der Waals surface area contributed by atoms with Crippen molar-refractivity contribution in [1.82, 2.24) is 0 Å². The number of rotatable bonds is 9. The molecule has 0 aromatic heterocycles. The summed E-state index contributed by atoms with van der Waals surface area (Å²) in [7, 11) is -0.695. The van der Waals surface area contributed by atoms with Crippen LogP contribution in [0.2, 0.25) is 18.1 Å². The molecule has 2 saturated carbocycles. The fourth-order valence-electron chi connectivity index (χ4n) is 6.61.